The summed E-state index contributed by atoms with van der Waals surface area (Å²) in [4.78, 5) is 4.67. The van der Waals surface area contributed by atoms with Crippen LogP contribution in [-0.2, 0) is 10.8 Å². The Morgan fingerprint density at radius 3 is 2.09 bits per heavy atom. The number of pyridine rings is 1. The van der Waals surface area contributed by atoms with Gasteiger partial charge >= 0.3 is 0 Å². The minimum Gasteiger partial charge on any atom is -0.299 e. The van der Waals surface area contributed by atoms with Gasteiger partial charge in [0.1, 0.15) is 5.65 Å². The maximum atomic E-state index is 4.67. The predicted molar refractivity (Wildman–Crippen MR) is 191 cm³/mol. The first-order chi connectivity index (χ1) is 21.1. The average Bonchev–Trinajstić information content (AvgIpc) is 3.65. The first-order valence-electron chi connectivity index (χ1n) is 15.5. The Bertz CT molecular complexity index is 2410. The maximum absolute atomic E-state index is 4.67. The van der Waals surface area contributed by atoms with E-state index >= 15 is 0 Å². The lowest BCUT2D eigenvalue weighted by molar-refractivity contribution is 0.590. The molecule has 0 aliphatic carbocycles. The summed E-state index contributed by atoms with van der Waals surface area (Å²) in [6.45, 7) is 13.9. The molecule has 3 aromatic heterocycles. The molecule has 0 radical (unpaired) electrons. The van der Waals surface area contributed by atoms with Gasteiger partial charge in [-0.05, 0) is 92.1 Å². The van der Waals surface area contributed by atoms with Gasteiger partial charge in [0.2, 0.25) is 0 Å². The van der Waals surface area contributed by atoms with Gasteiger partial charge in [-0.3, -0.25) is 4.40 Å². The van der Waals surface area contributed by atoms with Crippen molar-refractivity contribution in [1.82, 2.24) is 9.38 Å². The number of thiophene rings is 1. The zero-order chi connectivity index (χ0) is 30.4. The van der Waals surface area contributed by atoms with E-state index in [4.69, 9.17) is 0 Å². The third kappa shape index (κ3) is 4.25. The van der Waals surface area contributed by atoms with Gasteiger partial charge in [-0.2, -0.15) is 0 Å². The number of hydrogen-bond donors (Lipinski definition) is 0. The molecule has 8 aromatic rings. The van der Waals surface area contributed by atoms with Gasteiger partial charge in [-0.1, -0.05) is 96.1 Å². The van der Waals surface area contributed by atoms with E-state index < -0.39 is 0 Å². The molecule has 0 saturated heterocycles. The van der Waals surface area contributed by atoms with Gasteiger partial charge in [-0.25, -0.2) is 4.98 Å². The number of benzene rings is 5. The molecular formula is C41H36N2S. The van der Waals surface area contributed by atoms with Crippen molar-refractivity contribution in [3.63, 3.8) is 0 Å². The van der Waals surface area contributed by atoms with Crippen molar-refractivity contribution in [3.8, 4) is 22.3 Å². The summed E-state index contributed by atoms with van der Waals surface area (Å²) in [5.41, 5.74) is 10.1. The van der Waals surface area contributed by atoms with E-state index in [9.17, 15) is 0 Å². The highest BCUT2D eigenvalue weighted by molar-refractivity contribution is 7.26. The Hall–Kier alpha value is -4.47. The van der Waals surface area contributed by atoms with Crippen LogP contribution in [0.2, 0.25) is 0 Å². The third-order valence-corrected chi connectivity index (χ3v) is 10.4. The molecule has 3 heterocycles. The molecule has 0 aliphatic rings. The second-order valence-electron chi connectivity index (χ2n) is 14.2. The SMILES string of the molecule is CC(C)(C)c1ccc2sc3c(-c4cccc(-c5ccc6c(c5)c5ccccc5c5nccn65)c4)cc(C(C)(C)C)cc3c2c1. The minimum absolute atomic E-state index is 0.0362. The molecule has 0 N–H and O–H groups in total. The lowest BCUT2D eigenvalue weighted by Gasteiger charge is -2.21. The number of hydrogen-bond acceptors (Lipinski definition) is 2. The second kappa shape index (κ2) is 9.51. The van der Waals surface area contributed by atoms with Crippen LogP contribution in [-0.4, -0.2) is 9.38 Å². The normalized spacial score (nSPS) is 12.8. The van der Waals surface area contributed by atoms with Crippen LogP contribution >= 0.6 is 11.3 Å². The van der Waals surface area contributed by atoms with Crippen LogP contribution in [0.25, 0.3) is 69.7 Å². The fourth-order valence-electron chi connectivity index (χ4n) is 6.61. The molecule has 216 valence electrons. The third-order valence-electron chi connectivity index (χ3n) is 9.16. The van der Waals surface area contributed by atoms with Crippen molar-refractivity contribution >= 4 is 58.8 Å². The van der Waals surface area contributed by atoms with Gasteiger partial charge in [0.05, 0.1) is 5.52 Å². The summed E-state index contributed by atoms with van der Waals surface area (Å²) in [5.74, 6) is 0. The van der Waals surface area contributed by atoms with Crippen molar-refractivity contribution in [2.45, 2.75) is 52.4 Å². The van der Waals surface area contributed by atoms with E-state index in [0.717, 1.165) is 5.65 Å². The Kier molecular flexibility index (Phi) is 5.86. The fourth-order valence-corrected chi connectivity index (χ4v) is 7.81. The first kappa shape index (κ1) is 27.1. The Labute approximate surface area is 262 Å². The Morgan fingerprint density at radius 1 is 0.568 bits per heavy atom. The summed E-state index contributed by atoms with van der Waals surface area (Å²) < 4.78 is 4.92. The average molecular weight is 589 g/mol. The molecule has 3 heteroatoms. The molecule has 0 spiro atoms. The second-order valence-corrected chi connectivity index (χ2v) is 15.2. The highest BCUT2D eigenvalue weighted by atomic mass is 32.1. The van der Waals surface area contributed by atoms with Crippen LogP contribution in [0.5, 0.6) is 0 Å². The number of nitrogens with zero attached hydrogens (tertiary/aromatic N) is 2. The lowest BCUT2D eigenvalue weighted by Crippen LogP contribution is -2.11. The summed E-state index contributed by atoms with van der Waals surface area (Å²) in [5, 5.41) is 6.39. The van der Waals surface area contributed by atoms with Crippen molar-refractivity contribution in [3.05, 3.63) is 121 Å². The monoisotopic (exact) mass is 588 g/mol. The van der Waals surface area contributed by atoms with E-state index in [1.54, 1.807) is 0 Å². The molecule has 0 atom stereocenters. The van der Waals surface area contributed by atoms with Crippen LogP contribution in [0.15, 0.2) is 109 Å². The van der Waals surface area contributed by atoms with Crippen molar-refractivity contribution in [2.24, 2.45) is 0 Å². The molecule has 0 fully saturated rings. The standard InChI is InChI=1S/C41H36N2S/c1-40(2,3)28-15-17-37-34(22-28)35-24-29(41(4,5)6)23-32(38(35)44-37)27-11-9-10-25(20-27)26-14-16-36-33(21-26)30-12-7-8-13-31(30)39-42-18-19-43(36)39/h7-24H,1-6H3. The smallest absolute Gasteiger partial charge is 0.145 e. The van der Waals surface area contributed by atoms with E-state index in [1.807, 2.05) is 17.5 Å². The van der Waals surface area contributed by atoms with Crippen LogP contribution in [0.1, 0.15) is 52.7 Å². The Morgan fingerprint density at radius 2 is 1.30 bits per heavy atom. The van der Waals surface area contributed by atoms with Gasteiger partial charge in [0.25, 0.3) is 0 Å². The van der Waals surface area contributed by atoms with Crippen LogP contribution in [0, 0.1) is 0 Å². The topological polar surface area (TPSA) is 17.3 Å². The van der Waals surface area contributed by atoms with E-state index in [0.29, 0.717) is 0 Å². The quantitative estimate of drug-likeness (QED) is 0.184. The number of rotatable bonds is 2. The highest BCUT2D eigenvalue weighted by Crippen LogP contribution is 2.44. The molecule has 8 rings (SSSR count). The summed E-state index contributed by atoms with van der Waals surface area (Å²) in [6.07, 6.45) is 3.95. The van der Waals surface area contributed by atoms with E-state index in [-0.39, 0.29) is 10.8 Å². The van der Waals surface area contributed by atoms with E-state index in [1.165, 1.54) is 75.2 Å². The maximum Gasteiger partial charge on any atom is 0.145 e. The molecule has 0 bridgehead atoms. The van der Waals surface area contributed by atoms with Crippen molar-refractivity contribution in [1.29, 1.82) is 0 Å². The van der Waals surface area contributed by atoms with Crippen LogP contribution < -0.4 is 0 Å². The number of aromatic nitrogens is 2. The van der Waals surface area contributed by atoms with Crippen LogP contribution in [0.3, 0.4) is 0 Å². The lowest BCUT2D eigenvalue weighted by atomic mass is 9.83. The molecule has 0 saturated carbocycles. The van der Waals surface area contributed by atoms with Crippen molar-refractivity contribution in [2.75, 3.05) is 0 Å². The van der Waals surface area contributed by atoms with Gasteiger partial charge in [0.15, 0.2) is 0 Å². The molecule has 2 nitrogen and oxygen atoms in total. The van der Waals surface area contributed by atoms with Gasteiger partial charge in [-0.15, -0.1) is 11.3 Å². The molecule has 0 aliphatic heterocycles. The summed E-state index contributed by atoms with van der Waals surface area (Å²) in [7, 11) is 0. The van der Waals surface area contributed by atoms with Crippen molar-refractivity contribution < 1.29 is 0 Å². The summed E-state index contributed by atoms with van der Waals surface area (Å²) >= 11 is 1.92. The Balaban J connectivity index is 1.34. The largest absolute Gasteiger partial charge is 0.299 e. The molecule has 0 unspecified atom stereocenters. The van der Waals surface area contributed by atoms with Crippen LogP contribution in [0.4, 0.5) is 0 Å². The molecule has 0 amide bonds. The zero-order valence-electron chi connectivity index (χ0n) is 26.2. The molecule has 5 aromatic carbocycles. The highest BCUT2D eigenvalue weighted by Gasteiger charge is 2.21. The van der Waals surface area contributed by atoms with Gasteiger partial charge < -0.3 is 0 Å². The van der Waals surface area contributed by atoms with E-state index in [2.05, 4.69) is 154 Å². The predicted octanol–water partition coefficient (Wildman–Crippen LogP) is 11.9. The first-order valence-corrected chi connectivity index (χ1v) is 16.3. The zero-order valence-corrected chi connectivity index (χ0v) is 27.0. The fraction of sp³-hybridized carbons (Fsp3) is 0.195. The minimum atomic E-state index is 0.0362. The molecular weight excluding hydrogens is 553 g/mol. The molecule has 44 heavy (non-hydrogen) atoms. The summed E-state index contributed by atoms with van der Waals surface area (Å²) in [6, 6.07) is 36.5. The number of imidazole rings is 1. The number of fused-ring (bicyclic) bond motifs is 9. The van der Waals surface area contributed by atoms with Gasteiger partial charge in [0, 0.05) is 43.3 Å².